The Labute approximate surface area is 129 Å². The highest BCUT2D eigenvalue weighted by Gasteiger charge is 2.24. The maximum Gasteiger partial charge on any atom is 0.407 e. The van der Waals surface area contributed by atoms with E-state index in [9.17, 15) is 9.90 Å². The van der Waals surface area contributed by atoms with Crippen LogP contribution in [0.4, 0.5) is 4.79 Å². The average Bonchev–Trinajstić information content (AvgIpc) is 2.35. The molecule has 2 unspecified atom stereocenters. The number of carbonyl (C=O) groups is 1. The quantitative estimate of drug-likeness (QED) is 0.644. The molecule has 3 N–H and O–H groups in total. The molecule has 21 heavy (non-hydrogen) atoms. The van der Waals surface area contributed by atoms with Crippen molar-refractivity contribution in [1.29, 1.82) is 0 Å². The monoisotopic (exact) mass is 302 g/mol. The number of ether oxygens (including phenoxy) is 1. The lowest BCUT2D eigenvalue weighted by Gasteiger charge is -2.29. The van der Waals surface area contributed by atoms with Crippen molar-refractivity contribution in [2.75, 3.05) is 19.7 Å². The van der Waals surface area contributed by atoms with Crippen LogP contribution in [0, 0.1) is 11.3 Å². The number of hydrogen-bond acceptors (Lipinski definition) is 4. The standard InChI is InChI=1S/C16H34N2O3/c1-8-16(7,11-19)10-17-9-13(12(2)3)18-14(20)21-15(4,5)6/h12-13,17,19H,8-11H2,1-7H3,(H,18,20). The molecule has 0 saturated heterocycles. The average molecular weight is 302 g/mol. The maximum atomic E-state index is 11.8. The number of alkyl carbamates (subject to hydrolysis) is 1. The predicted molar refractivity (Wildman–Crippen MR) is 86.3 cm³/mol. The fourth-order valence-electron chi connectivity index (χ4n) is 1.73. The molecular weight excluding hydrogens is 268 g/mol. The fourth-order valence-corrected chi connectivity index (χ4v) is 1.73. The second-order valence-electron chi connectivity index (χ2n) is 7.45. The van der Waals surface area contributed by atoms with E-state index in [2.05, 4.69) is 31.4 Å². The molecule has 0 saturated carbocycles. The second-order valence-corrected chi connectivity index (χ2v) is 7.45. The van der Waals surface area contributed by atoms with Crippen molar-refractivity contribution in [1.82, 2.24) is 10.6 Å². The fraction of sp³-hybridized carbons (Fsp3) is 0.938. The van der Waals surface area contributed by atoms with Crippen molar-refractivity contribution in [2.24, 2.45) is 11.3 Å². The van der Waals surface area contributed by atoms with Crippen LogP contribution in [0.15, 0.2) is 0 Å². The number of rotatable bonds is 8. The first kappa shape index (κ1) is 20.2. The normalized spacial score (nSPS) is 16.4. The molecule has 0 spiro atoms. The van der Waals surface area contributed by atoms with E-state index in [1.165, 1.54) is 0 Å². The summed E-state index contributed by atoms with van der Waals surface area (Å²) >= 11 is 0. The lowest BCUT2D eigenvalue weighted by Crippen LogP contribution is -2.48. The molecule has 0 aliphatic heterocycles. The Hall–Kier alpha value is -0.810. The minimum absolute atomic E-state index is 0.000325. The van der Waals surface area contributed by atoms with E-state index >= 15 is 0 Å². The Morgan fingerprint density at radius 3 is 2.19 bits per heavy atom. The van der Waals surface area contributed by atoms with Gasteiger partial charge in [-0.3, -0.25) is 0 Å². The Morgan fingerprint density at radius 2 is 1.81 bits per heavy atom. The Bertz CT molecular complexity index is 307. The number of amides is 1. The zero-order valence-electron chi connectivity index (χ0n) is 14.7. The SMILES string of the molecule is CCC(C)(CO)CNCC(NC(=O)OC(C)(C)C)C(C)C. The highest BCUT2D eigenvalue weighted by atomic mass is 16.6. The van der Waals surface area contributed by atoms with Crippen LogP contribution in [0.3, 0.4) is 0 Å². The minimum Gasteiger partial charge on any atom is -0.444 e. The molecule has 126 valence electrons. The van der Waals surface area contributed by atoms with Gasteiger partial charge >= 0.3 is 6.09 Å². The van der Waals surface area contributed by atoms with E-state index in [0.717, 1.165) is 13.0 Å². The number of aliphatic hydroxyl groups excluding tert-OH is 1. The highest BCUT2D eigenvalue weighted by molar-refractivity contribution is 5.68. The first-order chi connectivity index (χ1) is 9.53. The lowest BCUT2D eigenvalue weighted by molar-refractivity contribution is 0.0488. The van der Waals surface area contributed by atoms with Gasteiger partial charge in [0.1, 0.15) is 5.60 Å². The summed E-state index contributed by atoms with van der Waals surface area (Å²) in [4.78, 5) is 11.8. The first-order valence-electron chi connectivity index (χ1n) is 7.84. The Kier molecular flexibility index (Phi) is 8.26. The lowest BCUT2D eigenvalue weighted by atomic mass is 9.88. The van der Waals surface area contributed by atoms with Crippen LogP contribution < -0.4 is 10.6 Å². The van der Waals surface area contributed by atoms with Gasteiger partial charge in [-0.15, -0.1) is 0 Å². The zero-order valence-corrected chi connectivity index (χ0v) is 14.7. The summed E-state index contributed by atoms with van der Waals surface area (Å²) in [5, 5.41) is 15.7. The smallest absolute Gasteiger partial charge is 0.407 e. The van der Waals surface area contributed by atoms with E-state index < -0.39 is 5.60 Å². The van der Waals surface area contributed by atoms with Gasteiger partial charge in [-0.2, -0.15) is 0 Å². The molecule has 5 nitrogen and oxygen atoms in total. The van der Waals surface area contributed by atoms with Gasteiger partial charge in [0.05, 0.1) is 0 Å². The van der Waals surface area contributed by atoms with E-state index in [4.69, 9.17) is 4.74 Å². The van der Waals surface area contributed by atoms with Gasteiger partial charge < -0.3 is 20.5 Å². The molecule has 0 fully saturated rings. The molecular formula is C16H34N2O3. The molecule has 0 aliphatic carbocycles. The molecule has 0 heterocycles. The van der Waals surface area contributed by atoms with Gasteiger partial charge in [-0.1, -0.05) is 27.7 Å². The molecule has 5 heteroatoms. The molecule has 1 amide bonds. The van der Waals surface area contributed by atoms with Gasteiger partial charge in [0.25, 0.3) is 0 Å². The molecule has 0 aliphatic rings. The van der Waals surface area contributed by atoms with E-state index in [0.29, 0.717) is 12.5 Å². The maximum absolute atomic E-state index is 11.8. The van der Waals surface area contributed by atoms with Crippen LogP contribution in [-0.2, 0) is 4.74 Å². The van der Waals surface area contributed by atoms with E-state index in [-0.39, 0.29) is 24.2 Å². The summed E-state index contributed by atoms with van der Waals surface area (Å²) in [5.74, 6) is 0.298. The number of aliphatic hydroxyl groups is 1. The predicted octanol–water partition coefficient (Wildman–Crippen LogP) is 2.53. The van der Waals surface area contributed by atoms with Crippen molar-refractivity contribution in [3.63, 3.8) is 0 Å². The largest absolute Gasteiger partial charge is 0.444 e. The van der Waals surface area contributed by atoms with Crippen molar-refractivity contribution in [2.45, 2.75) is 66.5 Å². The summed E-state index contributed by atoms with van der Waals surface area (Å²) in [6.45, 7) is 15.3. The summed E-state index contributed by atoms with van der Waals surface area (Å²) < 4.78 is 5.29. The Balaban J connectivity index is 4.36. The van der Waals surface area contributed by atoms with Crippen LogP contribution in [0.1, 0.15) is 54.9 Å². The minimum atomic E-state index is -0.489. The summed E-state index contributed by atoms with van der Waals surface area (Å²) in [5.41, 5.74) is -0.607. The van der Waals surface area contributed by atoms with Gasteiger partial charge in [-0.05, 0) is 33.1 Å². The first-order valence-corrected chi connectivity index (χ1v) is 7.84. The Morgan fingerprint density at radius 1 is 1.24 bits per heavy atom. The third-order valence-electron chi connectivity index (χ3n) is 3.66. The third kappa shape index (κ3) is 8.94. The van der Waals surface area contributed by atoms with E-state index in [1.807, 2.05) is 27.7 Å². The van der Waals surface area contributed by atoms with Gasteiger partial charge in [0.15, 0.2) is 0 Å². The van der Waals surface area contributed by atoms with Crippen molar-refractivity contribution in [3.05, 3.63) is 0 Å². The van der Waals surface area contributed by atoms with Crippen molar-refractivity contribution in [3.8, 4) is 0 Å². The number of nitrogens with one attached hydrogen (secondary N) is 2. The molecule has 0 aromatic carbocycles. The van der Waals surface area contributed by atoms with Crippen LogP contribution in [-0.4, -0.2) is 42.5 Å². The molecule has 0 rings (SSSR count). The molecule has 0 bridgehead atoms. The summed E-state index contributed by atoms with van der Waals surface area (Å²) in [7, 11) is 0. The topological polar surface area (TPSA) is 70.6 Å². The van der Waals surface area contributed by atoms with Gasteiger partial charge in [-0.25, -0.2) is 4.79 Å². The van der Waals surface area contributed by atoms with Gasteiger partial charge in [0, 0.05) is 31.2 Å². The molecule has 0 aromatic heterocycles. The number of carbonyl (C=O) groups excluding carboxylic acids is 1. The van der Waals surface area contributed by atoms with Crippen molar-refractivity contribution >= 4 is 6.09 Å². The summed E-state index contributed by atoms with van der Waals surface area (Å²) in [6.07, 6.45) is 0.519. The number of hydrogen-bond donors (Lipinski definition) is 3. The third-order valence-corrected chi connectivity index (χ3v) is 3.66. The molecule has 0 aromatic rings. The van der Waals surface area contributed by atoms with Crippen molar-refractivity contribution < 1.29 is 14.6 Å². The van der Waals surface area contributed by atoms with Crippen LogP contribution in [0.25, 0.3) is 0 Å². The highest BCUT2D eigenvalue weighted by Crippen LogP contribution is 2.18. The van der Waals surface area contributed by atoms with E-state index in [1.54, 1.807) is 0 Å². The summed E-state index contributed by atoms with van der Waals surface area (Å²) in [6, 6.07) is -0.000325. The van der Waals surface area contributed by atoms with Crippen LogP contribution >= 0.6 is 0 Å². The van der Waals surface area contributed by atoms with Gasteiger partial charge in [0.2, 0.25) is 0 Å². The zero-order chi connectivity index (χ0) is 16.7. The van der Waals surface area contributed by atoms with Crippen LogP contribution in [0.5, 0.6) is 0 Å². The van der Waals surface area contributed by atoms with Crippen LogP contribution in [0.2, 0.25) is 0 Å². The molecule has 0 radical (unpaired) electrons. The second kappa shape index (κ2) is 8.59. The molecule has 2 atom stereocenters.